The molecular formula is C17H22BrN3O3. The number of amides is 1. The molecule has 2 aromatic rings. The first-order chi connectivity index (χ1) is 11.7. The fraction of sp³-hybridized carbons (Fsp3) is 0.412. The first-order valence-corrected chi connectivity index (χ1v) is 8.61. The van der Waals surface area contributed by atoms with Crippen LogP contribution in [0.15, 0.2) is 41.0 Å². The van der Waals surface area contributed by atoms with Gasteiger partial charge in [0.2, 0.25) is 5.91 Å². The Morgan fingerprint density at radius 1 is 1.29 bits per heavy atom. The SMILES string of the molecule is COCCOCCCC(=O)Nc1ccnn1Cc1cccc(Br)c1. The van der Waals surface area contributed by atoms with Crippen molar-refractivity contribution in [1.82, 2.24) is 9.78 Å². The van der Waals surface area contributed by atoms with Crippen LogP contribution in [0, 0.1) is 0 Å². The second-order valence-corrected chi connectivity index (χ2v) is 6.18. The zero-order valence-corrected chi connectivity index (χ0v) is 15.3. The molecule has 0 aliphatic carbocycles. The number of nitrogens with zero attached hydrogens (tertiary/aromatic N) is 2. The van der Waals surface area contributed by atoms with Gasteiger partial charge in [0.25, 0.3) is 0 Å². The summed E-state index contributed by atoms with van der Waals surface area (Å²) in [7, 11) is 1.63. The van der Waals surface area contributed by atoms with Gasteiger partial charge in [-0.2, -0.15) is 5.10 Å². The lowest BCUT2D eigenvalue weighted by molar-refractivity contribution is -0.116. The minimum absolute atomic E-state index is 0.0404. The first kappa shape index (κ1) is 18.6. The number of benzene rings is 1. The zero-order chi connectivity index (χ0) is 17.2. The van der Waals surface area contributed by atoms with E-state index in [1.807, 2.05) is 24.3 Å². The van der Waals surface area contributed by atoms with E-state index < -0.39 is 0 Å². The summed E-state index contributed by atoms with van der Waals surface area (Å²) in [6.45, 7) is 2.27. The average Bonchev–Trinajstić information content (AvgIpc) is 2.97. The number of hydrogen-bond donors (Lipinski definition) is 1. The van der Waals surface area contributed by atoms with E-state index in [1.165, 1.54) is 0 Å². The fourth-order valence-corrected chi connectivity index (χ4v) is 2.60. The van der Waals surface area contributed by atoms with Crippen LogP contribution >= 0.6 is 15.9 Å². The summed E-state index contributed by atoms with van der Waals surface area (Å²) < 4.78 is 13.0. The molecule has 0 spiro atoms. The lowest BCUT2D eigenvalue weighted by atomic mass is 10.2. The number of ether oxygens (including phenoxy) is 2. The van der Waals surface area contributed by atoms with Gasteiger partial charge in [-0.25, -0.2) is 4.68 Å². The predicted octanol–water partition coefficient (Wildman–Crippen LogP) is 3.08. The molecule has 2 rings (SSSR count). The number of halogens is 1. The summed E-state index contributed by atoms with van der Waals surface area (Å²) in [5.41, 5.74) is 1.11. The van der Waals surface area contributed by atoms with Crippen molar-refractivity contribution in [3.63, 3.8) is 0 Å². The molecule has 0 fully saturated rings. The average molecular weight is 396 g/mol. The van der Waals surface area contributed by atoms with Crippen molar-refractivity contribution in [2.24, 2.45) is 0 Å². The quantitative estimate of drug-likeness (QED) is 0.627. The molecule has 0 saturated heterocycles. The summed E-state index contributed by atoms with van der Waals surface area (Å²) in [5.74, 6) is 0.654. The molecule has 130 valence electrons. The van der Waals surface area contributed by atoms with Gasteiger partial charge in [0.1, 0.15) is 5.82 Å². The van der Waals surface area contributed by atoms with E-state index in [-0.39, 0.29) is 5.91 Å². The molecule has 7 heteroatoms. The molecule has 0 aliphatic heterocycles. The van der Waals surface area contributed by atoms with Crippen LogP contribution in [-0.4, -0.2) is 42.6 Å². The molecule has 1 aromatic heterocycles. The highest BCUT2D eigenvalue weighted by Gasteiger charge is 2.08. The van der Waals surface area contributed by atoms with Crippen LogP contribution in [-0.2, 0) is 20.8 Å². The summed E-state index contributed by atoms with van der Waals surface area (Å²) in [6, 6.07) is 9.81. The Kier molecular flexibility index (Phi) is 7.94. The van der Waals surface area contributed by atoms with Crippen LogP contribution in [0.4, 0.5) is 5.82 Å². The van der Waals surface area contributed by atoms with Gasteiger partial charge in [-0.3, -0.25) is 4.79 Å². The standard InChI is InChI=1S/C17H22BrN3O3/c1-23-10-11-24-9-3-6-17(22)20-16-7-8-19-21(16)13-14-4-2-5-15(18)12-14/h2,4-5,7-8,12H,3,6,9-11,13H2,1H3,(H,20,22). The maximum absolute atomic E-state index is 12.0. The number of anilines is 1. The summed E-state index contributed by atoms with van der Waals surface area (Å²) in [4.78, 5) is 12.0. The van der Waals surface area contributed by atoms with Crippen LogP contribution in [0.3, 0.4) is 0 Å². The van der Waals surface area contributed by atoms with Crippen molar-refractivity contribution < 1.29 is 14.3 Å². The Morgan fingerprint density at radius 2 is 2.17 bits per heavy atom. The summed E-state index contributed by atoms with van der Waals surface area (Å²) >= 11 is 3.46. The van der Waals surface area contributed by atoms with Crippen LogP contribution in [0.2, 0.25) is 0 Å². The van der Waals surface area contributed by atoms with Crippen molar-refractivity contribution in [3.8, 4) is 0 Å². The minimum atomic E-state index is -0.0404. The molecule has 0 aliphatic rings. The lowest BCUT2D eigenvalue weighted by Crippen LogP contribution is -2.16. The third-order valence-electron chi connectivity index (χ3n) is 3.33. The minimum Gasteiger partial charge on any atom is -0.382 e. The topological polar surface area (TPSA) is 65.4 Å². The Bertz CT molecular complexity index is 646. The van der Waals surface area contributed by atoms with Gasteiger partial charge >= 0.3 is 0 Å². The third-order valence-corrected chi connectivity index (χ3v) is 3.82. The van der Waals surface area contributed by atoms with Crippen molar-refractivity contribution in [3.05, 3.63) is 46.6 Å². The number of methoxy groups -OCH3 is 1. The highest BCUT2D eigenvalue weighted by Crippen LogP contribution is 2.15. The van der Waals surface area contributed by atoms with Gasteiger partial charge in [0.15, 0.2) is 0 Å². The van der Waals surface area contributed by atoms with Crippen molar-refractivity contribution in [2.75, 3.05) is 32.2 Å². The Balaban J connectivity index is 1.79. The number of aromatic nitrogens is 2. The van der Waals surface area contributed by atoms with E-state index in [1.54, 1.807) is 24.1 Å². The van der Waals surface area contributed by atoms with E-state index >= 15 is 0 Å². The molecule has 1 N–H and O–H groups in total. The second-order valence-electron chi connectivity index (χ2n) is 5.26. The highest BCUT2D eigenvalue weighted by molar-refractivity contribution is 9.10. The van der Waals surface area contributed by atoms with Crippen LogP contribution in [0.5, 0.6) is 0 Å². The molecule has 0 radical (unpaired) electrons. The number of rotatable bonds is 10. The number of carbonyl (C=O) groups excluding carboxylic acids is 1. The number of nitrogens with one attached hydrogen (secondary N) is 1. The predicted molar refractivity (Wildman–Crippen MR) is 96.0 cm³/mol. The Hall–Kier alpha value is -1.70. The molecule has 0 bridgehead atoms. The van der Waals surface area contributed by atoms with E-state index in [4.69, 9.17) is 9.47 Å². The molecule has 1 aromatic carbocycles. The van der Waals surface area contributed by atoms with Crippen molar-refractivity contribution in [1.29, 1.82) is 0 Å². The smallest absolute Gasteiger partial charge is 0.225 e. The van der Waals surface area contributed by atoms with Gasteiger partial charge in [0.05, 0.1) is 26.0 Å². The van der Waals surface area contributed by atoms with E-state index in [0.717, 1.165) is 10.0 Å². The fourth-order valence-electron chi connectivity index (χ4n) is 2.16. The zero-order valence-electron chi connectivity index (χ0n) is 13.7. The highest BCUT2D eigenvalue weighted by atomic mass is 79.9. The molecule has 0 saturated carbocycles. The van der Waals surface area contributed by atoms with Crippen molar-refractivity contribution in [2.45, 2.75) is 19.4 Å². The van der Waals surface area contributed by atoms with Crippen molar-refractivity contribution >= 4 is 27.7 Å². The van der Waals surface area contributed by atoms with Gasteiger partial charge < -0.3 is 14.8 Å². The molecule has 1 heterocycles. The van der Waals surface area contributed by atoms with Crippen LogP contribution in [0.25, 0.3) is 0 Å². The van der Waals surface area contributed by atoms with E-state index in [9.17, 15) is 4.79 Å². The third kappa shape index (κ3) is 6.43. The second kappa shape index (κ2) is 10.2. The van der Waals surface area contributed by atoms with E-state index in [0.29, 0.717) is 45.0 Å². The summed E-state index contributed by atoms with van der Waals surface area (Å²) in [5, 5.41) is 7.17. The van der Waals surface area contributed by atoms with Gasteiger partial charge in [-0.15, -0.1) is 0 Å². The van der Waals surface area contributed by atoms with Gasteiger partial charge in [0, 0.05) is 30.7 Å². The van der Waals surface area contributed by atoms with E-state index in [2.05, 4.69) is 26.3 Å². The molecule has 1 amide bonds. The maximum Gasteiger partial charge on any atom is 0.225 e. The maximum atomic E-state index is 12.0. The number of hydrogen-bond acceptors (Lipinski definition) is 4. The monoisotopic (exact) mass is 395 g/mol. The molecule has 0 atom stereocenters. The lowest BCUT2D eigenvalue weighted by Gasteiger charge is -2.09. The molecule has 24 heavy (non-hydrogen) atoms. The molecular weight excluding hydrogens is 374 g/mol. The van der Waals surface area contributed by atoms with Gasteiger partial charge in [-0.05, 0) is 24.1 Å². The Labute approximate surface area is 150 Å². The molecule has 0 unspecified atom stereocenters. The summed E-state index contributed by atoms with van der Waals surface area (Å²) in [6.07, 6.45) is 2.77. The van der Waals surface area contributed by atoms with Gasteiger partial charge in [-0.1, -0.05) is 28.1 Å². The molecule has 6 nitrogen and oxygen atoms in total. The number of carbonyl (C=O) groups is 1. The normalized spacial score (nSPS) is 10.8. The van der Waals surface area contributed by atoms with Crippen LogP contribution in [0.1, 0.15) is 18.4 Å². The Morgan fingerprint density at radius 3 is 2.96 bits per heavy atom. The van der Waals surface area contributed by atoms with Crippen LogP contribution < -0.4 is 5.32 Å². The largest absolute Gasteiger partial charge is 0.382 e. The first-order valence-electron chi connectivity index (χ1n) is 7.82.